The third-order valence-electron chi connectivity index (χ3n) is 3.06. The van der Waals surface area contributed by atoms with Crippen LogP contribution in [0.4, 0.5) is 11.5 Å². The minimum atomic E-state index is -0.0138. The van der Waals surface area contributed by atoms with Gasteiger partial charge in [-0.2, -0.15) is 0 Å². The molecule has 0 saturated heterocycles. The summed E-state index contributed by atoms with van der Waals surface area (Å²) in [6, 6.07) is 5.73. The van der Waals surface area contributed by atoms with Crippen LogP contribution in [0.2, 0.25) is 5.02 Å². The van der Waals surface area contributed by atoms with Gasteiger partial charge in [0.2, 0.25) is 0 Å². The first-order chi connectivity index (χ1) is 9.60. The Bertz CT molecular complexity index is 569. The molecule has 2 rings (SSSR count). The summed E-state index contributed by atoms with van der Waals surface area (Å²) in [6.07, 6.45) is 5.49. The van der Waals surface area contributed by atoms with E-state index in [1.807, 2.05) is 25.1 Å². The topological polar surface area (TPSA) is 63.8 Å². The fourth-order valence-electron chi connectivity index (χ4n) is 1.90. The molecule has 4 nitrogen and oxygen atoms in total. The van der Waals surface area contributed by atoms with Crippen LogP contribution in [0.25, 0.3) is 0 Å². The first-order valence-electron chi connectivity index (χ1n) is 6.71. The van der Waals surface area contributed by atoms with Crippen LogP contribution >= 0.6 is 11.6 Å². The van der Waals surface area contributed by atoms with E-state index in [4.69, 9.17) is 17.3 Å². The van der Waals surface area contributed by atoms with Crippen LogP contribution in [0.1, 0.15) is 37.1 Å². The highest BCUT2D eigenvalue weighted by Gasteiger charge is 2.09. The van der Waals surface area contributed by atoms with Gasteiger partial charge in [-0.3, -0.25) is 4.98 Å². The molecule has 5 heteroatoms. The Kier molecular flexibility index (Phi) is 4.93. The summed E-state index contributed by atoms with van der Waals surface area (Å²) in [5.74, 6) is 0.616. The average molecular weight is 291 g/mol. The maximum absolute atomic E-state index is 6.25. The highest BCUT2D eigenvalue weighted by atomic mass is 35.5. The Hall–Kier alpha value is -1.65. The molecule has 0 aliphatic rings. The van der Waals surface area contributed by atoms with E-state index in [1.54, 1.807) is 12.4 Å². The van der Waals surface area contributed by atoms with Gasteiger partial charge < -0.3 is 11.1 Å². The van der Waals surface area contributed by atoms with Crippen LogP contribution in [0.3, 0.4) is 0 Å². The summed E-state index contributed by atoms with van der Waals surface area (Å²) in [6.45, 7) is 4.05. The minimum Gasteiger partial charge on any atom is -0.338 e. The minimum absolute atomic E-state index is 0.0138. The summed E-state index contributed by atoms with van der Waals surface area (Å²) >= 11 is 6.25. The van der Waals surface area contributed by atoms with Crippen molar-refractivity contribution in [2.24, 2.45) is 5.73 Å². The predicted octanol–water partition coefficient (Wildman–Crippen LogP) is 3.98. The fourth-order valence-corrected chi connectivity index (χ4v) is 2.13. The number of nitrogens with two attached hydrogens (primary N) is 1. The summed E-state index contributed by atoms with van der Waals surface area (Å²) in [4.78, 5) is 8.57. The van der Waals surface area contributed by atoms with Crippen LogP contribution in [0.15, 0.2) is 30.6 Å². The second-order valence-corrected chi connectivity index (χ2v) is 5.21. The molecule has 2 heterocycles. The zero-order valence-electron chi connectivity index (χ0n) is 11.7. The lowest BCUT2D eigenvalue weighted by molar-refractivity contribution is 0.636. The Morgan fingerprint density at radius 1 is 1.30 bits per heavy atom. The molecule has 20 heavy (non-hydrogen) atoms. The second kappa shape index (κ2) is 6.68. The molecule has 0 unspecified atom stereocenters. The lowest BCUT2D eigenvalue weighted by Crippen LogP contribution is -2.10. The number of hydrogen-bond acceptors (Lipinski definition) is 4. The number of pyridine rings is 2. The summed E-state index contributed by atoms with van der Waals surface area (Å²) < 4.78 is 0. The van der Waals surface area contributed by atoms with Crippen molar-refractivity contribution in [3.63, 3.8) is 0 Å². The molecule has 1 atom stereocenters. The maximum atomic E-state index is 6.25. The maximum Gasteiger partial charge on any atom is 0.149 e. The molecule has 2 aromatic heterocycles. The van der Waals surface area contributed by atoms with Crippen molar-refractivity contribution in [1.29, 1.82) is 0 Å². The average Bonchev–Trinajstić information content (AvgIpc) is 2.43. The van der Waals surface area contributed by atoms with Gasteiger partial charge in [0.05, 0.1) is 16.9 Å². The van der Waals surface area contributed by atoms with Crippen LogP contribution in [-0.4, -0.2) is 9.97 Å². The van der Waals surface area contributed by atoms with E-state index in [-0.39, 0.29) is 6.04 Å². The van der Waals surface area contributed by atoms with E-state index < -0.39 is 0 Å². The number of anilines is 2. The van der Waals surface area contributed by atoms with Crippen LogP contribution in [0, 0.1) is 6.92 Å². The van der Waals surface area contributed by atoms with Crippen molar-refractivity contribution in [1.82, 2.24) is 9.97 Å². The van der Waals surface area contributed by atoms with Crippen molar-refractivity contribution in [3.05, 3.63) is 46.9 Å². The van der Waals surface area contributed by atoms with E-state index in [0.29, 0.717) is 10.8 Å². The molecule has 0 aliphatic carbocycles. The monoisotopic (exact) mass is 290 g/mol. The van der Waals surface area contributed by atoms with E-state index >= 15 is 0 Å². The summed E-state index contributed by atoms with van der Waals surface area (Å²) in [5.41, 5.74) is 8.85. The van der Waals surface area contributed by atoms with Crippen molar-refractivity contribution in [2.75, 3.05) is 5.32 Å². The second-order valence-electron chi connectivity index (χ2n) is 4.81. The molecule has 0 aliphatic heterocycles. The van der Waals surface area contributed by atoms with E-state index in [1.165, 1.54) is 0 Å². The van der Waals surface area contributed by atoms with Crippen LogP contribution in [0.5, 0.6) is 0 Å². The molecule has 0 radical (unpaired) electrons. The molecular weight excluding hydrogens is 272 g/mol. The molecular formula is C15H19ClN4. The van der Waals surface area contributed by atoms with Gasteiger partial charge in [0, 0.05) is 17.9 Å². The zero-order valence-corrected chi connectivity index (χ0v) is 12.5. The smallest absolute Gasteiger partial charge is 0.149 e. The number of nitrogens with one attached hydrogen (secondary N) is 1. The van der Waals surface area contributed by atoms with Crippen molar-refractivity contribution < 1.29 is 0 Å². The largest absolute Gasteiger partial charge is 0.338 e. The fraction of sp³-hybridized carbons (Fsp3) is 0.333. The molecule has 0 amide bonds. The van der Waals surface area contributed by atoms with E-state index in [9.17, 15) is 0 Å². The quantitative estimate of drug-likeness (QED) is 0.874. The molecule has 0 bridgehead atoms. The van der Waals surface area contributed by atoms with Gasteiger partial charge in [-0.15, -0.1) is 0 Å². The molecule has 0 spiro atoms. The SMILES string of the molecule is CCC[C@H](N)c1cnc(Nc2ccc(C)nc2)c(Cl)c1. The molecule has 2 aromatic rings. The standard InChI is InChI=1S/C15H19ClN4/c1-3-4-14(17)11-7-13(16)15(19-8-11)20-12-6-5-10(2)18-9-12/h5-9,14H,3-4,17H2,1-2H3,(H,19,20)/t14-/m0/s1. The number of aromatic nitrogens is 2. The Morgan fingerprint density at radius 2 is 2.10 bits per heavy atom. The van der Waals surface area contributed by atoms with E-state index in [2.05, 4.69) is 22.2 Å². The molecule has 0 aromatic carbocycles. The van der Waals surface area contributed by atoms with Crippen LogP contribution < -0.4 is 11.1 Å². The van der Waals surface area contributed by atoms with Gasteiger partial charge >= 0.3 is 0 Å². The van der Waals surface area contributed by atoms with Crippen molar-refractivity contribution >= 4 is 23.1 Å². The van der Waals surface area contributed by atoms with Gasteiger partial charge in [-0.25, -0.2) is 4.98 Å². The number of rotatable bonds is 5. The first kappa shape index (κ1) is 14.8. The van der Waals surface area contributed by atoms with Crippen molar-refractivity contribution in [2.45, 2.75) is 32.7 Å². The molecule has 106 valence electrons. The van der Waals surface area contributed by atoms with Gasteiger partial charge in [0.15, 0.2) is 0 Å². The highest BCUT2D eigenvalue weighted by molar-refractivity contribution is 6.33. The van der Waals surface area contributed by atoms with Crippen molar-refractivity contribution in [3.8, 4) is 0 Å². The molecule has 3 N–H and O–H groups in total. The zero-order chi connectivity index (χ0) is 14.5. The highest BCUT2D eigenvalue weighted by Crippen LogP contribution is 2.26. The molecule has 0 saturated carbocycles. The summed E-state index contributed by atoms with van der Waals surface area (Å²) in [7, 11) is 0. The third kappa shape index (κ3) is 3.68. The van der Waals surface area contributed by atoms with Gasteiger partial charge in [0.1, 0.15) is 5.82 Å². The normalized spacial score (nSPS) is 12.2. The Balaban J connectivity index is 2.15. The Morgan fingerprint density at radius 3 is 2.70 bits per heavy atom. The lowest BCUT2D eigenvalue weighted by atomic mass is 10.1. The van der Waals surface area contributed by atoms with Gasteiger partial charge in [-0.1, -0.05) is 24.9 Å². The molecule has 0 fully saturated rings. The van der Waals surface area contributed by atoms with Gasteiger partial charge in [-0.05, 0) is 37.1 Å². The number of nitrogens with zero attached hydrogens (tertiary/aromatic N) is 2. The van der Waals surface area contributed by atoms with Gasteiger partial charge in [0.25, 0.3) is 0 Å². The number of aryl methyl sites for hydroxylation is 1. The number of hydrogen-bond donors (Lipinski definition) is 2. The first-order valence-corrected chi connectivity index (χ1v) is 7.08. The predicted molar refractivity (Wildman–Crippen MR) is 83.3 cm³/mol. The number of halogens is 1. The van der Waals surface area contributed by atoms with Crippen LogP contribution in [-0.2, 0) is 0 Å². The third-order valence-corrected chi connectivity index (χ3v) is 3.35. The van der Waals surface area contributed by atoms with E-state index in [0.717, 1.165) is 29.8 Å². The Labute approximate surface area is 124 Å². The summed E-state index contributed by atoms with van der Waals surface area (Å²) in [5, 5.41) is 3.72. The lowest BCUT2D eigenvalue weighted by Gasteiger charge is -2.13.